The number of carbonyl (C=O) groups is 3. The number of ketones is 1. The number of benzene rings is 2. The average molecular weight is 565 g/mol. The van der Waals surface area contributed by atoms with Crippen LogP contribution in [0.5, 0.6) is 0 Å². The maximum absolute atomic E-state index is 13.3. The van der Waals surface area contributed by atoms with Crippen LogP contribution in [0.15, 0.2) is 89.1 Å². The Hall–Kier alpha value is -3.82. The number of rotatable bonds is 8. The van der Waals surface area contributed by atoms with Gasteiger partial charge in [0.1, 0.15) is 11.5 Å². The highest BCUT2D eigenvalue weighted by molar-refractivity contribution is 9.10. The molecular weight excluding hydrogens is 544 g/mol. The summed E-state index contributed by atoms with van der Waals surface area (Å²) in [4.78, 5) is 44.9. The molecular formula is C27H21BrN2O5S. The van der Waals surface area contributed by atoms with E-state index in [1.165, 1.54) is 17.1 Å². The van der Waals surface area contributed by atoms with Crippen molar-refractivity contribution in [3.8, 4) is 0 Å². The van der Waals surface area contributed by atoms with Crippen molar-refractivity contribution in [2.45, 2.75) is 13.0 Å². The van der Waals surface area contributed by atoms with Gasteiger partial charge in [-0.3, -0.25) is 14.5 Å². The van der Waals surface area contributed by atoms with Crippen LogP contribution in [0.2, 0.25) is 0 Å². The largest absolute Gasteiger partial charge is 0.503 e. The van der Waals surface area contributed by atoms with E-state index in [9.17, 15) is 19.5 Å². The van der Waals surface area contributed by atoms with Gasteiger partial charge < -0.3 is 9.84 Å². The maximum atomic E-state index is 13.3. The van der Waals surface area contributed by atoms with E-state index in [1.54, 1.807) is 31.2 Å². The van der Waals surface area contributed by atoms with Gasteiger partial charge in [-0.05, 0) is 36.3 Å². The lowest BCUT2D eigenvalue weighted by Crippen LogP contribution is -2.30. The number of thiazole rings is 1. The number of halogens is 1. The first-order valence-corrected chi connectivity index (χ1v) is 12.5. The van der Waals surface area contributed by atoms with Gasteiger partial charge in [0, 0.05) is 4.47 Å². The molecule has 4 rings (SSSR count). The average Bonchev–Trinajstić information content (AvgIpc) is 3.38. The second-order valence-electron chi connectivity index (χ2n) is 7.80. The van der Waals surface area contributed by atoms with Crippen molar-refractivity contribution in [1.29, 1.82) is 0 Å². The van der Waals surface area contributed by atoms with E-state index >= 15 is 0 Å². The number of esters is 1. The Bertz CT molecular complexity index is 1410. The van der Waals surface area contributed by atoms with Crippen LogP contribution in [-0.4, -0.2) is 34.4 Å². The molecule has 0 aliphatic carbocycles. The van der Waals surface area contributed by atoms with Crippen molar-refractivity contribution in [2.75, 3.05) is 11.5 Å². The van der Waals surface area contributed by atoms with Gasteiger partial charge in [-0.15, -0.1) is 0 Å². The first-order chi connectivity index (χ1) is 17.3. The highest BCUT2D eigenvalue weighted by Gasteiger charge is 2.45. The summed E-state index contributed by atoms with van der Waals surface area (Å²) in [6, 6.07) is 15.4. The number of allylic oxidation sites excluding steroid dienone is 1. The SMILES string of the molecule is C=CCOC(=O)c1sc(N2C(=O)C(O)=C(C(=O)/C=C/c3ccccc3)C2c2cccc(Br)c2)nc1C. The molecule has 1 aliphatic rings. The predicted molar refractivity (Wildman–Crippen MR) is 142 cm³/mol. The van der Waals surface area contributed by atoms with E-state index in [1.807, 2.05) is 36.4 Å². The Labute approximate surface area is 220 Å². The quantitative estimate of drug-likeness (QED) is 0.213. The van der Waals surface area contributed by atoms with Gasteiger partial charge in [0.2, 0.25) is 0 Å². The lowest BCUT2D eigenvalue weighted by atomic mass is 9.96. The van der Waals surface area contributed by atoms with Gasteiger partial charge >= 0.3 is 5.97 Å². The van der Waals surface area contributed by atoms with E-state index < -0.39 is 29.5 Å². The maximum Gasteiger partial charge on any atom is 0.350 e. The number of amides is 1. The van der Waals surface area contributed by atoms with Crippen LogP contribution in [0.4, 0.5) is 5.13 Å². The van der Waals surface area contributed by atoms with Crippen molar-refractivity contribution < 1.29 is 24.2 Å². The molecule has 2 aromatic carbocycles. The number of aromatic nitrogens is 1. The number of aliphatic hydroxyl groups is 1. The summed E-state index contributed by atoms with van der Waals surface area (Å²) < 4.78 is 5.85. The number of nitrogens with zero attached hydrogens (tertiary/aromatic N) is 2. The minimum absolute atomic E-state index is 0.0313. The second kappa shape index (κ2) is 10.8. The van der Waals surface area contributed by atoms with Crippen LogP contribution < -0.4 is 4.90 Å². The summed E-state index contributed by atoms with van der Waals surface area (Å²) in [6.45, 7) is 5.19. The molecule has 182 valence electrons. The summed E-state index contributed by atoms with van der Waals surface area (Å²) in [5.74, 6) is -2.56. The van der Waals surface area contributed by atoms with E-state index in [0.29, 0.717) is 11.3 Å². The highest BCUT2D eigenvalue weighted by Crippen LogP contribution is 2.43. The summed E-state index contributed by atoms with van der Waals surface area (Å²) in [5, 5.41) is 11.0. The molecule has 1 aromatic heterocycles. The Balaban J connectivity index is 1.77. The lowest BCUT2D eigenvalue weighted by molar-refractivity contribution is -0.117. The van der Waals surface area contributed by atoms with Crippen LogP contribution >= 0.6 is 27.3 Å². The molecule has 1 amide bonds. The number of hydrogen-bond donors (Lipinski definition) is 1. The zero-order valence-electron chi connectivity index (χ0n) is 19.2. The molecule has 1 aliphatic heterocycles. The minimum atomic E-state index is -0.953. The predicted octanol–water partition coefficient (Wildman–Crippen LogP) is 5.74. The molecule has 1 unspecified atom stereocenters. The normalized spacial score (nSPS) is 15.6. The van der Waals surface area contributed by atoms with Gasteiger partial charge in [0.25, 0.3) is 5.91 Å². The Morgan fingerprint density at radius 1 is 1.22 bits per heavy atom. The number of aryl methyl sites for hydroxylation is 1. The number of hydrogen-bond acceptors (Lipinski definition) is 7. The Kier molecular flexibility index (Phi) is 7.61. The molecule has 1 atom stereocenters. The molecule has 0 radical (unpaired) electrons. The molecule has 0 spiro atoms. The van der Waals surface area contributed by atoms with E-state index in [0.717, 1.165) is 21.4 Å². The second-order valence-corrected chi connectivity index (χ2v) is 9.69. The monoisotopic (exact) mass is 564 g/mol. The van der Waals surface area contributed by atoms with Gasteiger partial charge in [-0.25, -0.2) is 9.78 Å². The summed E-state index contributed by atoms with van der Waals surface area (Å²) in [6.07, 6.45) is 4.40. The van der Waals surface area contributed by atoms with Gasteiger partial charge in [-0.1, -0.05) is 88.5 Å². The van der Waals surface area contributed by atoms with Crippen molar-refractivity contribution >= 4 is 56.1 Å². The minimum Gasteiger partial charge on any atom is -0.503 e. The zero-order valence-corrected chi connectivity index (χ0v) is 21.6. The van der Waals surface area contributed by atoms with Crippen LogP contribution in [-0.2, 0) is 14.3 Å². The smallest absolute Gasteiger partial charge is 0.350 e. The fraction of sp³-hybridized carbons (Fsp3) is 0.111. The third-order valence-corrected chi connectivity index (χ3v) is 7.00. The van der Waals surface area contributed by atoms with Crippen LogP contribution in [0.3, 0.4) is 0 Å². The van der Waals surface area contributed by atoms with E-state index in [4.69, 9.17) is 4.74 Å². The molecule has 3 aromatic rings. The highest BCUT2D eigenvalue weighted by atomic mass is 79.9. The summed E-state index contributed by atoms with van der Waals surface area (Å²) in [5.41, 5.74) is 1.67. The van der Waals surface area contributed by atoms with E-state index in [2.05, 4.69) is 27.5 Å². The number of aliphatic hydroxyl groups excluding tert-OH is 1. The molecule has 36 heavy (non-hydrogen) atoms. The molecule has 0 saturated heterocycles. The van der Waals surface area contributed by atoms with Crippen LogP contribution in [0.1, 0.15) is 32.5 Å². The Morgan fingerprint density at radius 3 is 2.67 bits per heavy atom. The zero-order chi connectivity index (χ0) is 25.8. The number of anilines is 1. The molecule has 1 N–H and O–H groups in total. The van der Waals surface area contributed by atoms with Crippen LogP contribution in [0.25, 0.3) is 6.08 Å². The van der Waals surface area contributed by atoms with Gasteiger partial charge in [0.05, 0.1) is 17.3 Å². The van der Waals surface area contributed by atoms with Crippen molar-refractivity contribution in [2.24, 2.45) is 0 Å². The standard InChI is InChI=1S/C27H21BrN2O5S/c1-3-14-35-26(34)24-16(2)29-27(36-24)30-22(18-10-7-11-19(28)15-18)21(23(32)25(30)33)20(31)13-12-17-8-5-4-6-9-17/h3-13,15,22,32H,1,14H2,2H3/b13-12+. The van der Waals surface area contributed by atoms with E-state index in [-0.39, 0.29) is 22.2 Å². The topological polar surface area (TPSA) is 96.8 Å². The van der Waals surface area contributed by atoms with Gasteiger partial charge in [0.15, 0.2) is 16.7 Å². The summed E-state index contributed by atoms with van der Waals surface area (Å²) >= 11 is 4.38. The number of carbonyl (C=O) groups excluding carboxylic acids is 3. The van der Waals surface area contributed by atoms with Crippen molar-refractivity contribution in [3.05, 3.63) is 111 Å². The van der Waals surface area contributed by atoms with Gasteiger partial charge in [-0.2, -0.15) is 0 Å². The molecule has 9 heteroatoms. The molecule has 0 bridgehead atoms. The lowest BCUT2D eigenvalue weighted by Gasteiger charge is -2.24. The number of ether oxygens (including phenoxy) is 1. The van der Waals surface area contributed by atoms with Crippen molar-refractivity contribution in [3.63, 3.8) is 0 Å². The first kappa shape index (κ1) is 25.3. The Morgan fingerprint density at radius 2 is 1.97 bits per heavy atom. The molecule has 0 fully saturated rings. The van der Waals surface area contributed by atoms with Crippen LogP contribution in [0, 0.1) is 6.92 Å². The third-order valence-electron chi connectivity index (χ3n) is 5.37. The molecule has 2 heterocycles. The fourth-order valence-electron chi connectivity index (χ4n) is 3.75. The fourth-order valence-corrected chi connectivity index (χ4v) is 5.15. The third kappa shape index (κ3) is 5.07. The molecule has 7 nitrogen and oxygen atoms in total. The summed E-state index contributed by atoms with van der Waals surface area (Å²) in [7, 11) is 0. The first-order valence-electron chi connectivity index (χ1n) is 10.9. The molecule has 0 saturated carbocycles. The van der Waals surface area contributed by atoms with Crippen molar-refractivity contribution in [1.82, 2.24) is 4.98 Å².